The van der Waals surface area contributed by atoms with E-state index < -0.39 is 0 Å². The van der Waals surface area contributed by atoms with Gasteiger partial charge in [0.25, 0.3) is 11.5 Å². The van der Waals surface area contributed by atoms with Crippen LogP contribution in [-0.4, -0.2) is 28.4 Å². The Morgan fingerprint density at radius 1 is 1.50 bits per heavy atom. The van der Waals surface area contributed by atoms with Crippen LogP contribution in [0.4, 0.5) is 0 Å². The number of nitrogens with zero attached hydrogens (tertiary/aromatic N) is 1. The molecule has 1 amide bonds. The van der Waals surface area contributed by atoms with Crippen molar-refractivity contribution in [2.45, 2.75) is 45.6 Å². The van der Waals surface area contributed by atoms with Crippen LogP contribution in [0.2, 0.25) is 0 Å². The third-order valence-electron chi connectivity index (χ3n) is 3.74. The first-order valence-corrected chi connectivity index (χ1v) is 6.64. The monoisotopic (exact) mass is 248 g/mol. The normalized spacial score (nSPS) is 19.9. The highest BCUT2D eigenvalue weighted by molar-refractivity contribution is 5.95. The van der Waals surface area contributed by atoms with Crippen molar-refractivity contribution in [3.05, 3.63) is 33.7 Å². The second-order valence-corrected chi connectivity index (χ2v) is 4.92. The fourth-order valence-corrected chi connectivity index (χ4v) is 2.68. The van der Waals surface area contributed by atoms with Crippen molar-refractivity contribution >= 4 is 5.91 Å². The molecule has 1 aliphatic rings. The fourth-order valence-electron chi connectivity index (χ4n) is 2.68. The van der Waals surface area contributed by atoms with Gasteiger partial charge in [-0.05, 0) is 44.2 Å². The minimum absolute atomic E-state index is 0.110. The fraction of sp³-hybridized carbons (Fsp3) is 0.571. The molecule has 0 aromatic carbocycles. The predicted molar refractivity (Wildman–Crippen MR) is 70.8 cm³/mol. The Bertz CT molecular complexity index is 493. The topological polar surface area (TPSA) is 53.2 Å². The lowest BCUT2D eigenvalue weighted by Gasteiger charge is -2.35. The van der Waals surface area contributed by atoms with E-state index >= 15 is 0 Å². The van der Waals surface area contributed by atoms with E-state index in [1.54, 1.807) is 12.3 Å². The number of aromatic amines is 1. The van der Waals surface area contributed by atoms with Crippen molar-refractivity contribution < 1.29 is 4.79 Å². The number of H-pyrrole nitrogens is 1. The molecule has 2 heterocycles. The molecule has 0 saturated carbocycles. The highest BCUT2D eigenvalue weighted by Gasteiger charge is 2.28. The molecule has 0 spiro atoms. The molecule has 1 N–H and O–H groups in total. The lowest BCUT2D eigenvalue weighted by atomic mass is 9.98. The third-order valence-corrected chi connectivity index (χ3v) is 3.74. The highest BCUT2D eigenvalue weighted by atomic mass is 16.2. The molecule has 0 aliphatic carbocycles. The zero-order valence-electron chi connectivity index (χ0n) is 11.0. The lowest BCUT2D eigenvalue weighted by molar-refractivity contribution is 0.0605. The summed E-state index contributed by atoms with van der Waals surface area (Å²) in [6.07, 6.45) is 5.79. The van der Waals surface area contributed by atoms with Crippen molar-refractivity contribution in [3.63, 3.8) is 0 Å². The van der Waals surface area contributed by atoms with E-state index in [1.165, 1.54) is 6.42 Å². The van der Waals surface area contributed by atoms with Gasteiger partial charge in [0.2, 0.25) is 0 Å². The van der Waals surface area contributed by atoms with E-state index in [0.717, 1.165) is 31.4 Å². The Morgan fingerprint density at radius 3 is 2.94 bits per heavy atom. The van der Waals surface area contributed by atoms with Crippen molar-refractivity contribution in [2.75, 3.05) is 6.54 Å². The van der Waals surface area contributed by atoms with Gasteiger partial charge in [-0.25, -0.2) is 0 Å². The second-order valence-electron chi connectivity index (χ2n) is 4.92. The van der Waals surface area contributed by atoms with Crippen LogP contribution in [0.25, 0.3) is 0 Å². The molecule has 1 aromatic rings. The van der Waals surface area contributed by atoms with Crippen LogP contribution in [0, 0.1) is 6.92 Å². The highest BCUT2D eigenvalue weighted by Crippen LogP contribution is 2.21. The SMILES string of the molecule is CCC1CCCCN1C(=O)c1c(C)cc[nH]c1=O. The molecule has 0 radical (unpaired) electrons. The number of rotatable bonds is 2. The molecule has 1 saturated heterocycles. The average Bonchev–Trinajstić information content (AvgIpc) is 2.38. The number of carbonyl (C=O) groups excluding carboxylic acids is 1. The van der Waals surface area contributed by atoms with Crippen LogP contribution in [-0.2, 0) is 0 Å². The number of amides is 1. The summed E-state index contributed by atoms with van der Waals surface area (Å²) in [7, 11) is 0. The standard InChI is InChI=1S/C14H20N2O2/c1-3-11-6-4-5-9-16(11)14(18)12-10(2)7-8-15-13(12)17/h7-8,11H,3-6,9H2,1-2H3,(H,15,17). The number of aryl methyl sites for hydroxylation is 1. The maximum absolute atomic E-state index is 12.5. The quantitative estimate of drug-likeness (QED) is 0.871. The first-order valence-electron chi connectivity index (χ1n) is 6.64. The predicted octanol–water partition coefficient (Wildman–Crippen LogP) is 2.09. The number of aromatic nitrogens is 1. The number of hydrogen-bond acceptors (Lipinski definition) is 2. The van der Waals surface area contributed by atoms with Gasteiger partial charge in [-0.15, -0.1) is 0 Å². The van der Waals surface area contributed by atoms with Gasteiger partial charge < -0.3 is 9.88 Å². The van der Waals surface area contributed by atoms with Crippen LogP contribution < -0.4 is 5.56 Å². The summed E-state index contributed by atoms with van der Waals surface area (Å²) < 4.78 is 0. The molecule has 4 nitrogen and oxygen atoms in total. The van der Waals surface area contributed by atoms with Gasteiger partial charge in [0.1, 0.15) is 5.56 Å². The van der Waals surface area contributed by atoms with Crippen molar-refractivity contribution in [1.29, 1.82) is 0 Å². The van der Waals surface area contributed by atoms with Crippen molar-refractivity contribution in [3.8, 4) is 0 Å². The average molecular weight is 248 g/mol. The van der Waals surface area contributed by atoms with E-state index in [0.29, 0.717) is 5.56 Å². The minimum Gasteiger partial charge on any atom is -0.335 e. The summed E-state index contributed by atoms with van der Waals surface area (Å²) in [6.45, 7) is 4.68. The number of likely N-dealkylation sites (tertiary alicyclic amines) is 1. The largest absolute Gasteiger partial charge is 0.335 e. The maximum atomic E-state index is 12.5. The number of pyridine rings is 1. The van der Waals surface area contributed by atoms with E-state index in [2.05, 4.69) is 11.9 Å². The molecule has 1 aromatic heterocycles. The molecule has 1 atom stereocenters. The molecule has 1 aliphatic heterocycles. The first-order chi connectivity index (χ1) is 8.65. The molecular weight excluding hydrogens is 228 g/mol. The number of hydrogen-bond donors (Lipinski definition) is 1. The van der Waals surface area contributed by atoms with E-state index in [1.807, 2.05) is 11.8 Å². The lowest BCUT2D eigenvalue weighted by Crippen LogP contribution is -2.45. The summed E-state index contributed by atoms with van der Waals surface area (Å²) >= 11 is 0. The van der Waals surface area contributed by atoms with Gasteiger partial charge in [-0.1, -0.05) is 6.92 Å². The van der Waals surface area contributed by atoms with Gasteiger partial charge >= 0.3 is 0 Å². The Labute approximate surface area is 107 Å². The van der Waals surface area contributed by atoms with E-state index in [-0.39, 0.29) is 17.5 Å². The smallest absolute Gasteiger partial charge is 0.261 e. The number of piperidine rings is 1. The van der Waals surface area contributed by atoms with Crippen LogP contribution in [0.1, 0.15) is 48.5 Å². The summed E-state index contributed by atoms with van der Waals surface area (Å²) in [6, 6.07) is 2.06. The van der Waals surface area contributed by atoms with Crippen molar-refractivity contribution in [1.82, 2.24) is 9.88 Å². The maximum Gasteiger partial charge on any atom is 0.261 e. The molecule has 1 unspecified atom stereocenters. The van der Waals surface area contributed by atoms with Gasteiger partial charge in [0.05, 0.1) is 0 Å². The molecule has 98 valence electrons. The van der Waals surface area contributed by atoms with Crippen LogP contribution in [0.3, 0.4) is 0 Å². The molecule has 4 heteroatoms. The zero-order chi connectivity index (χ0) is 13.1. The van der Waals surface area contributed by atoms with E-state index in [9.17, 15) is 9.59 Å². The van der Waals surface area contributed by atoms with Gasteiger partial charge in [0.15, 0.2) is 0 Å². The summed E-state index contributed by atoms with van der Waals surface area (Å²) in [5, 5.41) is 0. The minimum atomic E-state index is -0.277. The molecule has 0 bridgehead atoms. The van der Waals surface area contributed by atoms with Crippen LogP contribution >= 0.6 is 0 Å². The Hall–Kier alpha value is -1.58. The Kier molecular flexibility index (Phi) is 3.84. The Balaban J connectivity index is 2.33. The molecule has 1 fully saturated rings. The summed E-state index contributed by atoms with van der Waals surface area (Å²) in [5.41, 5.74) is 0.780. The molecule has 2 rings (SSSR count). The molecular formula is C14H20N2O2. The summed E-state index contributed by atoms with van der Waals surface area (Å²) in [5.74, 6) is -0.110. The third kappa shape index (κ3) is 2.33. The summed E-state index contributed by atoms with van der Waals surface area (Å²) in [4.78, 5) is 28.8. The Morgan fingerprint density at radius 2 is 2.28 bits per heavy atom. The first kappa shape index (κ1) is 12.9. The van der Waals surface area contributed by atoms with Gasteiger partial charge in [-0.2, -0.15) is 0 Å². The van der Waals surface area contributed by atoms with Gasteiger partial charge in [-0.3, -0.25) is 9.59 Å². The number of carbonyl (C=O) groups is 1. The van der Waals surface area contributed by atoms with Crippen LogP contribution in [0.5, 0.6) is 0 Å². The second kappa shape index (κ2) is 5.38. The number of nitrogens with one attached hydrogen (secondary N) is 1. The van der Waals surface area contributed by atoms with Gasteiger partial charge in [0, 0.05) is 18.8 Å². The molecule has 18 heavy (non-hydrogen) atoms. The zero-order valence-corrected chi connectivity index (χ0v) is 11.0. The van der Waals surface area contributed by atoms with E-state index in [4.69, 9.17) is 0 Å². The van der Waals surface area contributed by atoms with Crippen molar-refractivity contribution in [2.24, 2.45) is 0 Å². The van der Waals surface area contributed by atoms with Crippen LogP contribution in [0.15, 0.2) is 17.1 Å².